The third kappa shape index (κ3) is 6.36. The number of carboxylic acids is 1. The Morgan fingerprint density at radius 1 is 0.718 bits per heavy atom. The summed E-state index contributed by atoms with van der Waals surface area (Å²) in [7, 11) is -5.84. The molecule has 0 radical (unpaired) electrons. The summed E-state index contributed by atoms with van der Waals surface area (Å²) in [4.78, 5) is 9.64. The van der Waals surface area contributed by atoms with Crippen LogP contribution in [0.5, 0.6) is 11.5 Å². The molecule has 3 aromatic carbocycles. The summed E-state index contributed by atoms with van der Waals surface area (Å²) in [5.41, 5.74) is -7.74. The molecular weight excluding hydrogens is 577 g/mol. The first kappa shape index (κ1) is 29.6. The van der Waals surface area contributed by atoms with Gasteiger partial charge in [-0.3, -0.25) is 5.21 Å². The average Bonchev–Trinajstić information content (AvgIpc) is 2.82. The minimum absolute atomic E-state index is 0.0193. The van der Waals surface area contributed by atoms with Crippen molar-refractivity contribution in [1.82, 2.24) is 0 Å². The lowest BCUT2D eigenvalue weighted by atomic mass is 10.1. The third-order valence-electron chi connectivity index (χ3n) is 4.92. The molecule has 3 aromatic rings. The SMILES string of the molecule is O=C(O)c1ccccc1Oc1ccc(C(F)(F)F)cc1N(O)S(=O)(=O)c1cc(C(F)(F)F)cc(C(F)(F)F)c1. The van der Waals surface area contributed by atoms with Crippen molar-refractivity contribution in [3.63, 3.8) is 0 Å². The molecule has 0 aromatic heterocycles. The first-order valence-corrected chi connectivity index (χ1v) is 11.4. The van der Waals surface area contributed by atoms with Crippen LogP contribution in [0, 0.1) is 0 Å². The maximum atomic E-state index is 13.3. The highest BCUT2D eigenvalue weighted by atomic mass is 32.2. The van der Waals surface area contributed by atoms with Crippen molar-refractivity contribution in [3.8, 4) is 11.5 Å². The number of nitrogens with zero attached hydrogens (tertiary/aromatic N) is 1. The van der Waals surface area contributed by atoms with Crippen molar-refractivity contribution in [3.05, 3.63) is 82.9 Å². The lowest BCUT2D eigenvalue weighted by Crippen LogP contribution is -2.29. The van der Waals surface area contributed by atoms with Crippen LogP contribution in [0.25, 0.3) is 0 Å². The molecule has 0 aliphatic carbocycles. The van der Waals surface area contributed by atoms with Crippen molar-refractivity contribution in [2.75, 3.05) is 4.47 Å². The quantitative estimate of drug-likeness (QED) is 0.242. The number of aromatic carboxylic acids is 1. The van der Waals surface area contributed by atoms with Crippen LogP contribution in [0.3, 0.4) is 0 Å². The predicted octanol–water partition coefficient (Wildman–Crippen LogP) is 6.82. The molecule has 0 saturated carbocycles. The Labute approximate surface area is 212 Å². The van der Waals surface area contributed by atoms with E-state index in [1.165, 1.54) is 12.1 Å². The lowest BCUT2D eigenvalue weighted by molar-refractivity contribution is -0.143. The van der Waals surface area contributed by atoms with E-state index in [0.717, 1.165) is 12.1 Å². The lowest BCUT2D eigenvalue weighted by Gasteiger charge is -2.23. The molecule has 0 fully saturated rings. The fraction of sp³-hybridized carbons (Fsp3) is 0.136. The monoisotopic (exact) mass is 589 g/mol. The number of carboxylic acid groups (broad SMARTS) is 1. The Morgan fingerprint density at radius 2 is 1.23 bits per heavy atom. The summed E-state index contributed by atoms with van der Waals surface area (Å²) >= 11 is 0. The number of benzene rings is 3. The molecule has 0 atom stereocenters. The van der Waals surface area contributed by atoms with E-state index in [2.05, 4.69) is 0 Å². The van der Waals surface area contributed by atoms with Gasteiger partial charge in [0.2, 0.25) is 0 Å². The number of ether oxygens (including phenoxy) is 1. The highest BCUT2D eigenvalue weighted by Crippen LogP contribution is 2.42. The number of para-hydroxylation sites is 1. The van der Waals surface area contributed by atoms with Crippen LogP contribution >= 0.6 is 0 Å². The molecule has 39 heavy (non-hydrogen) atoms. The van der Waals surface area contributed by atoms with Gasteiger partial charge in [0.15, 0.2) is 5.75 Å². The summed E-state index contributed by atoms with van der Waals surface area (Å²) in [6.45, 7) is 0. The van der Waals surface area contributed by atoms with Crippen molar-refractivity contribution >= 4 is 21.7 Å². The van der Waals surface area contributed by atoms with Gasteiger partial charge in [-0.05, 0) is 48.5 Å². The van der Waals surface area contributed by atoms with Crippen molar-refractivity contribution in [2.24, 2.45) is 0 Å². The largest absolute Gasteiger partial charge is 0.478 e. The second-order valence-electron chi connectivity index (χ2n) is 7.57. The number of hydrogen-bond acceptors (Lipinski definition) is 5. The van der Waals surface area contributed by atoms with Gasteiger partial charge >= 0.3 is 24.5 Å². The summed E-state index contributed by atoms with van der Waals surface area (Å²) in [5, 5.41) is 19.7. The van der Waals surface area contributed by atoms with Crippen LogP contribution in [0.4, 0.5) is 45.2 Å². The zero-order valence-electron chi connectivity index (χ0n) is 18.6. The predicted molar refractivity (Wildman–Crippen MR) is 113 cm³/mol. The maximum Gasteiger partial charge on any atom is 0.416 e. The summed E-state index contributed by atoms with van der Waals surface area (Å²) in [5.74, 6) is -3.10. The topological polar surface area (TPSA) is 104 Å². The molecule has 0 aliphatic heterocycles. The van der Waals surface area contributed by atoms with E-state index in [4.69, 9.17) is 4.74 Å². The van der Waals surface area contributed by atoms with E-state index in [9.17, 15) is 63.0 Å². The third-order valence-corrected chi connectivity index (χ3v) is 6.40. The summed E-state index contributed by atoms with van der Waals surface area (Å²) in [6, 6.07) is 4.32. The number of anilines is 1. The molecule has 0 saturated heterocycles. The van der Waals surface area contributed by atoms with Gasteiger partial charge < -0.3 is 9.84 Å². The zero-order chi connectivity index (χ0) is 29.6. The highest BCUT2D eigenvalue weighted by molar-refractivity contribution is 7.92. The van der Waals surface area contributed by atoms with Crippen molar-refractivity contribution < 1.29 is 67.8 Å². The molecular formula is C22H12F9NO6S. The van der Waals surface area contributed by atoms with Gasteiger partial charge in [0.1, 0.15) is 17.0 Å². The number of halogens is 9. The standard InChI is InChI=1S/C22H12F9NO6S/c23-20(24,25)11-5-6-18(38-17-4-2-1-3-15(17)19(33)34)16(10-11)32(35)39(36,37)14-8-12(21(26,27)28)7-13(9-14)22(29,30)31/h1-10,35H,(H,33,34). The highest BCUT2D eigenvalue weighted by Gasteiger charge is 2.40. The Hall–Kier alpha value is -3.99. The second kappa shape index (κ2) is 9.96. The smallest absolute Gasteiger partial charge is 0.416 e. The molecule has 210 valence electrons. The van der Waals surface area contributed by atoms with E-state index in [1.807, 2.05) is 0 Å². The van der Waals surface area contributed by atoms with Gasteiger partial charge in [-0.2, -0.15) is 47.9 Å². The molecule has 0 bridgehead atoms. The van der Waals surface area contributed by atoms with Gasteiger partial charge in [-0.25, -0.2) is 4.79 Å². The molecule has 0 unspecified atom stereocenters. The Balaban J connectivity index is 2.24. The summed E-state index contributed by atoms with van der Waals surface area (Å²) in [6.07, 6.45) is -16.1. The van der Waals surface area contributed by atoms with Crippen LogP contribution in [0.15, 0.2) is 65.6 Å². The fourth-order valence-corrected chi connectivity index (χ4v) is 4.24. The molecule has 7 nitrogen and oxygen atoms in total. The number of rotatable bonds is 6. The molecule has 2 N–H and O–H groups in total. The second-order valence-corrected chi connectivity index (χ2v) is 9.34. The van der Waals surface area contributed by atoms with Crippen LogP contribution in [-0.2, 0) is 28.6 Å². The number of alkyl halides is 9. The van der Waals surface area contributed by atoms with E-state index in [1.54, 1.807) is 0 Å². The zero-order valence-corrected chi connectivity index (χ0v) is 19.4. The van der Waals surface area contributed by atoms with Crippen molar-refractivity contribution in [1.29, 1.82) is 0 Å². The van der Waals surface area contributed by atoms with E-state index < -0.39 is 89.4 Å². The Kier molecular flexibility index (Phi) is 7.55. The van der Waals surface area contributed by atoms with Gasteiger partial charge in [-0.15, -0.1) is 4.47 Å². The Morgan fingerprint density at radius 3 is 1.72 bits per heavy atom. The molecule has 0 heterocycles. The molecule has 3 rings (SSSR count). The first-order chi connectivity index (χ1) is 17.7. The Bertz CT molecular complexity index is 1480. The van der Waals surface area contributed by atoms with E-state index in [-0.39, 0.29) is 18.2 Å². The van der Waals surface area contributed by atoms with Gasteiger partial charge in [0.25, 0.3) is 10.0 Å². The molecule has 0 amide bonds. The number of carbonyl (C=O) groups is 1. The van der Waals surface area contributed by atoms with Gasteiger partial charge in [-0.1, -0.05) is 12.1 Å². The summed E-state index contributed by atoms with van der Waals surface area (Å²) < 4.78 is 149. The van der Waals surface area contributed by atoms with Gasteiger partial charge in [0.05, 0.1) is 21.6 Å². The van der Waals surface area contributed by atoms with Crippen LogP contribution in [0.1, 0.15) is 27.0 Å². The number of hydrogen-bond donors (Lipinski definition) is 2. The van der Waals surface area contributed by atoms with Crippen LogP contribution in [-0.4, -0.2) is 24.7 Å². The molecule has 0 aliphatic rings. The minimum Gasteiger partial charge on any atom is -0.478 e. The van der Waals surface area contributed by atoms with Crippen LogP contribution < -0.4 is 9.21 Å². The van der Waals surface area contributed by atoms with Crippen LogP contribution in [0.2, 0.25) is 0 Å². The first-order valence-electron chi connectivity index (χ1n) is 9.98. The van der Waals surface area contributed by atoms with E-state index >= 15 is 0 Å². The minimum atomic E-state index is -5.84. The molecule has 0 spiro atoms. The number of sulfonamides is 1. The maximum absolute atomic E-state index is 13.3. The normalized spacial score (nSPS) is 12.8. The average molecular weight is 589 g/mol. The van der Waals surface area contributed by atoms with Crippen molar-refractivity contribution in [2.45, 2.75) is 23.4 Å². The fourth-order valence-electron chi connectivity index (χ4n) is 3.08. The van der Waals surface area contributed by atoms with Gasteiger partial charge in [0, 0.05) is 0 Å². The van der Waals surface area contributed by atoms with E-state index in [0.29, 0.717) is 12.1 Å². The molecule has 17 heteroatoms.